The lowest BCUT2D eigenvalue weighted by molar-refractivity contribution is -0.155. The van der Waals surface area contributed by atoms with E-state index in [-0.39, 0.29) is 34.4 Å². The second kappa shape index (κ2) is 11.8. The third-order valence-corrected chi connectivity index (χ3v) is 7.97. The molecule has 28 heavy (non-hydrogen) atoms. The molecule has 0 aliphatic rings. The third kappa shape index (κ3) is 8.75. The molecule has 0 bridgehead atoms. The third-order valence-electron chi connectivity index (χ3n) is 6.78. The van der Waals surface area contributed by atoms with Crippen molar-refractivity contribution in [3.05, 3.63) is 0 Å². The van der Waals surface area contributed by atoms with Crippen LogP contribution in [-0.4, -0.2) is 35.6 Å². The summed E-state index contributed by atoms with van der Waals surface area (Å²) in [5, 5.41) is 0. The summed E-state index contributed by atoms with van der Waals surface area (Å²) in [5.41, 5.74) is 5.59. The standard InChI is InChI=1S/C23H48INO3/c1-11-22(10,21(8,9)26-15-14-20(6,7)28-24)17-19(5)27-23(12-2,13-3)16-18(4)25/h18-19H,11-17,25H2,1-10H3. The molecule has 0 fully saturated rings. The second-order valence-corrected chi connectivity index (χ2v) is 10.5. The maximum absolute atomic E-state index is 6.66. The molecule has 0 aliphatic heterocycles. The van der Waals surface area contributed by atoms with Gasteiger partial charge in [0.25, 0.3) is 0 Å². The van der Waals surface area contributed by atoms with Crippen LogP contribution in [0.4, 0.5) is 0 Å². The Bertz CT molecular complexity index is 436. The average Bonchev–Trinajstić information content (AvgIpc) is 2.59. The van der Waals surface area contributed by atoms with Gasteiger partial charge in [0.1, 0.15) is 23.0 Å². The molecule has 0 aromatic carbocycles. The Morgan fingerprint density at radius 2 is 1.43 bits per heavy atom. The van der Waals surface area contributed by atoms with Crippen molar-refractivity contribution in [1.82, 2.24) is 0 Å². The van der Waals surface area contributed by atoms with Crippen molar-refractivity contribution in [3.8, 4) is 0 Å². The van der Waals surface area contributed by atoms with Crippen molar-refractivity contribution in [3.63, 3.8) is 0 Å². The minimum Gasteiger partial charge on any atom is -0.375 e. The number of nitrogens with two attached hydrogens (primary N) is 1. The van der Waals surface area contributed by atoms with Gasteiger partial charge in [0.2, 0.25) is 0 Å². The summed E-state index contributed by atoms with van der Waals surface area (Å²) >= 11 is 1.98. The van der Waals surface area contributed by atoms with Gasteiger partial charge in [0, 0.05) is 12.5 Å². The molecule has 0 rings (SSSR count). The van der Waals surface area contributed by atoms with Crippen LogP contribution in [-0.2, 0) is 12.5 Å². The molecule has 0 heterocycles. The molecule has 170 valence electrons. The van der Waals surface area contributed by atoms with Crippen LogP contribution in [0.5, 0.6) is 0 Å². The van der Waals surface area contributed by atoms with E-state index in [9.17, 15) is 0 Å². The van der Waals surface area contributed by atoms with E-state index < -0.39 is 0 Å². The lowest BCUT2D eigenvalue weighted by Crippen LogP contribution is -2.47. The van der Waals surface area contributed by atoms with Crippen LogP contribution in [0.2, 0.25) is 0 Å². The lowest BCUT2D eigenvalue weighted by atomic mass is 9.69. The normalized spacial score (nSPS) is 18.0. The first-order valence-corrected chi connectivity index (χ1v) is 12.0. The highest BCUT2D eigenvalue weighted by Gasteiger charge is 2.43. The Labute approximate surface area is 189 Å². The molecule has 0 aliphatic carbocycles. The number of ether oxygens (including phenoxy) is 2. The molecule has 0 radical (unpaired) electrons. The maximum Gasteiger partial charge on any atom is 0.110 e. The minimum atomic E-state index is -0.247. The molecule has 3 atom stereocenters. The Morgan fingerprint density at radius 1 is 0.893 bits per heavy atom. The minimum absolute atomic E-state index is 0.0172. The topological polar surface area (TPSA) is 53.7 Å². The van der Waals surface area contributed by atoms with Crippen molar-refractivity contribution in [2.75, 3.05) is 6.61 Å². The van der Waals surface area contributed by atoms with Crippen LogP contribution in [0.1, 0.15) is 108 Å². The molecule has 0 aromatic heterocycles. The van der Waals surface area contributed by atoms with Gasteiger partial charge in [-0.15, -0.1) is 0 Å². The first-order chi connectivity index (χ1) is 12.7. The quantitative estimate of drug-likeness (QED) is 0.244. The van der Waals surface area contributed by atoms with Crippen LogP contribution < -0.4 is 5.73 Å². The van der Waals surface area contributed by atoms with E-state index in [0.29, 0.717) is 6.61 Å². The highest BCUT2D eigenvalue weighted by Crippen LogP contribution is 2.43. The summed E-state index contributed by atoms with van der Waals surface area (Å²) in [4.78, 5) is 0. The molecular weight excluding hydrogens is 465 g/mol. The van der Waals surface area contributed by atoms with Crippen LogP contribution in [0.25, 0.3) is 0 Å². The molecule has 0 saturated carbocycles. The van der Waals surface area contributed by atoms with E-state index in [2.05, 4.69) is 69.2 Å². The number of halogens is 1. The first kappa shape index (κ1) is 28.6. The largest absolute Gasteiger partial charge is 0.375 e. The summed E-state index contributed by atoms with van der Waals surface area (Å²) in [5.74, 6) is 0. The Kier molecular flexibility index (Phi) is 12.1. The van der Waals surface area contributed by atoms with Gasteiger partial charge in [0.15, 0.2) is 0 Å². The van der Waals surface area contributed by atoms with Crippen LogP contribution in [0, 0.1) is 5.41 Å². The van der Waals surface area contributed by atoms with Crippen molar-refractivity contribution in [1.29, 1.82) is 0 Å². The Hall–Kier alpha value is 0.570. The molecular formula is C23H48INO3. The van der Waals surface area contributed by atoms with E-state index in [1.807, 2.05) is 23.0 Å². The van der Waals surface area contributed by atoms with Crippen LogP contribution in [0.15, 0.2) is 0 Å². The van der Waals surface area contributed by atoms with Crippen LogP contribution >= 0.6 is 23.0 Å². The monoisotopic (exact) mass is 513 g/mol. The van der Waals surface area contributed by atoms with E-state index in [0.717, 1.165) is 38.5 Å². The van der Waals surface area contributed by atoms with Crippen LogP contribution in [0.3, 0.4) is 0 Å². The van der Waals surface area contributed by atoms with Gasteiger partial charge < -0.3 is 18.3 Å². The fourth-order valence-electron chi connectivity index (χ4n) is 4.02. The fourth-order valence-corrected chi connectivity index (χ4v) is 4.24. The summed E-state index contributed by atoms with van der Waals surface area (Å²) in [7, 11) is 0. The molecule has 0 amide bonds. The highest BCUT2D eigenvalue weighted by atomic mass is 127. The SMILES string of the molecule is CCC(CC)(CC(C)N)OC(C)CC(C)(CC)C(C)(C)OCCC(C)(C)OI. The molecule has 0 aromatic rings. The summed E-state index contributed by atoms with van der Waals surface area (Å²) in [6.45, 7) is 22.6. The van der Waals surface area contributed by atoms with E-state index in [1.54, 1.807) is 0 Å². The Morgan fingerprint density at radius 3 is 1.82 bits per heavy atom. The van der Waals surface area contributed by atoms with Crippen molar-refractivity contribution in [2.45, 2.75) is 137 Å². The number of hydrogen-bond donors (Lipinski definition) is 1. The van der Waals surface area contributed by atoms with Gasteiger partial charge in [-0.3, -0.25) is 0 Å². The zero-order valence-corrected chi connectivity index (χ0v) is 22.4. The maximum atomic E-state index is 6.66. The van der Waals surface area contributed by atoms with Gasteiger partial charge in [-0.1, -0.05) is 27.7 Å². The van der Waals surface area contributed by atoms with E-state index in [4.69, 9.17) is 18.3 Å². The summed E-state index contributed by atoms with van der Waals surface area (Å²) < 4.78 is 18.6. The fraction of sp³-hybridized carbons (Fsp3) is 1.00. The molecule has 2 N–H and O–H groups in total. The van der Waals surface area contributed by atoms with Gasteiger partial charge >= 0.3 is 0 Å². The van der Waals surface area contributed by atoms with E-state index in [1.165, 1.54) is 0 Å². The Balaban J connectivity index is 5.13. The first-order valence-electron chi connectivity index (χ1n) is 11.1. The number of rotatable bonds is 15. The number of hydrogen-bond acceptors (Lipinski definition) is 4. The predicted octanol–water partition coefficient (Wildman–Crippen LogP) is 6.82. The zero-order valence-electron chi connectivity index (χ0n) is 20.3. The van der Waals surface area contributed by atoms with Gasteiger partial charge in [-0.25, -0.2) is 0 Å². The van der Waals surface area contributed by atoms with Gasteiger partial charge in [0.05, 0.1) is 29.5 Å². The molecule has 0 spiro atoms. The summed E-state index contributed by atoms with van der Waals surface area (Å²) in [6, 6.07) is 0.146. The predicted molar refractivity (Wildman–Crippen MR) is 129 cm³/mol. The molecule has 3 unspecified atom stereocenters. The highest BCUT2D eigenvalue weighted by molar-refractivity contribution is 14.1. The van der Waals surface area contributed by atoms with Gasteiger partial charge in [-0.2, -0.15) is 0 Å². The molecule has 5 heteroatoms. The van der Waals surface area contributed by atoms with Crippen molar-refractivity contribution in [2.24, 2.45) is 11.1 Å². The zero-order chi connectivity index (χ0) is 22.2. The lowest BCUT2D eigenvalue weighted by Gasteiger charge is -2.47. The van der Waals surface area contributed by atoms with Crippen molar-refractivity contribution >= 4 is 23.0 Å². The smallest absolute Gasteiger partial charge is 0.110 e. The molecule has 4 nitrogen and oxygen atoms in total. The summed E-state index contributed by atoms with van der Waals surface area (Å²) in [6.07, 6.45) is 5.90. The van der Waals surface area contributed by atoms with Crippen molar-refractivity contribution < 1.29 is 12.5 Å². The average molecular weight is 514 g/mol. The molecule has 0 saturated heterocycles. The second-order valence-electron chi connectivity index (χ2n) is 10.1. The van der Waals surface area contributed by atoms with Gasteiger partial charge in [-0.05, 0) is 79.1 Å². The van der Waals surface area contributed by atoms with E-state index >= 15 is 0 Å².